The maximum absolute atomic E-state index is 9.20. The standard InChI is InChI=1S/C10H17ClN4O3/c1-3-18-10-14-8(11)13-9(15-10)12-7(6-16)4-5-17-2/h7,16H,3-6H2,1-2H3,(H,12,13,14,15). The van der Waals surface area contributed by atoms with E-state index in [4.69, 9.17) is 21.1 Å². The molecule has 18 heavy (non-hydrogen) atoms. The van der Waals surface area contributed by atoms with Crippen LogP contribution in [0.4, 0.5) is 5.95 Å². The number of aliphatic hydroxyl groups excluding tert-OH is 1. The predicted molar refractivity (Wildman–Crippen MR) is 67.0 cm³/mol. The summed E-state index contributed by atoms with van der Waals surface area (Å²) in [6, 6.07) is -0.0543. The molecule has 0 aromatic carbocycles. The summed E-state index contributed by atoms with van der Waals surface area (Å²) in [5.74, 6) is 0.272. The summed E-state index contributed by atoms with van der Waals surface area (Å²) >= 11 is 5.75. The summed E-state index contributed by atoms with van der Waals surface area (Å²) in [6.45, 7) is 2.72. The van der Waals surface area contributed by atoms with Crippen molar-refractivity contribution in [3.05, 3.63) is 5.28 Å². The van der Waals surface area contributed by atoms with Crippen LogP contribution in [0, 0.1) is 0 Å². The third-order valence-corrected chi connectivity index (χ3v) is 2.25. The van der Waals surface area contributed by atoms with Crippen molar-refractivity contribution in [3.8, 4) is 6.01 Å². The fraction of sp³-hybridized carbons (Fsp3) is 0.700. The van der Waals surface area contributed by atoms with Gasteiger partial charge in [-0.15, -0.1) is 0 Å². The van der Waals surface area contributed by atoms with E-state index in [1.807, 2.05) is 6.92 Å². The molecule has 0 saturated carbocycles. The molecule has 1 unspecified atom stereocenters. The molecule has 1 aromatic rings. The molecule has 0 fully saturated rings. The van der Waals surface area contributed by atoms with Gasteiger partial charge in [-0.05, 0) is 24.9 Å². The van der Waals surface area contributed by atoms with Gasteiger partial charge in [0.25, 0.3) is 0 Å². The van der Waals surface area contributed by atoms with Crippen molar-refractivity contribution in [3.63, 3.8) is 0 Å². The Bertz CT molecular complexity index is 367. The first-order valence-electron chi connectivity index (χ1n) is 5.60. The third kappa shape index (κ3) is 4.99. The second kappa shape index (κ2) is 8.02. The van der Waals surface area contributed by atoms with Gasteiger partial charge in [0.05, 0.1) is 19.3 Å². The molecule has 8 heteroatoms. The molecule has 0 spiro atoms. The minimum absolute atomic E-state index is 0.0411. The van der Waals surface area contributed by atoms with Gasteiger partial charge in [-0.25, -0.2) is 0 Å². The molecule has 0 radical (unpaired) electrons. The Kier molecular flexibility index (Phi) is 6.63. The fourth-order valence-electron chi connectivity index (χ4n) is 1.24. The summed E-state index contributed by atoms with van der Waals surface area (Å²) < 4.78 is 10.1. The highest BCUT2D eigenvalue weighted by atomic mass is 35.5. The van der Waals surface area contributed by atoms with E-state index in [1.165, 1.54) is 0 Å². The van der Waals surface area contributed by atoms with Crippen LogP contribution < -0.4 is 10.1 Å². The average Bonchev–Trinajstić information content (AvgIpc) is 2.34. The lowest BCUT2D eigenvalue weighted by Gasteiger charge is -2.15. The number of rotatable bonds is 8. The maximum atomic E-state index is 9.20. The number of ether oxygens (including phenoxy) is 2. The molecule has 0 bridgehead atoms. The molecule has 0 aliphatic heterocycles. The fourth-order valence-corrected chi connectivity index (χ4v) is 1.39. The van der Waals surface area contributed by atoms with E-state index in [0.717, 1.165) is 0 Å². The van der Waals surface area contributed by atoms with E-state index < -0.39 is 0 Å². The highest BCUT2D eigenvalue weighted by Gasteiger charge is 2.11. The van der Waals surface area contributed by atoms with E-state index in [-0.39, 0.29) is 29.9 Å². The summed E-state index contributed by atoms with van der Waals surface area (Å²) in [5, 5.41) is 12.2. The zero-order chi connectivity index (χ0) is 13.4. The number of hydrogen-bond acceptors (Lipinski definition) is 7. The van der Waals surface area contributed by atoms with Gasteiger partial charge < -0.3 is 19.9 Å². The monoisotopic (exact) mass is 276 g/mol. The molecule has 7 nitrogen and oxygen atoms in total. The summed E-state index contributed by atoms with van der Waals surface area (Å²) in [7, 11) is 1.60. The van der Waals surface area contributed by atoms with Crippen LogP contribution in [0.2, 0.25) is 5.28 Å². The molecule has 0 saturated heterocycles. The Morgan fingerprint density at radius 2 is 2.17 bits per heavy atom. The molecule has 0 amide bonds. The maximum Gasteiger partial charge on any atom is 0.322 e. The molecule has 1 rings (SSSR count). The molecule has 102 valence electrons. The van der Waals surface area contributed by atoms with Gasteiger partial charge in [0.1, 0.15) is 0 Å². The minimum atomic E-state index is -0.210. The first-order chi connectivity index (χ1) is 8.69. The van der Waals surface area contributed by atoms with Crippen molar-refractivity contribution in [2.45, 2.75) is 19.4 Å². The van der Waals surface area contributed by atoms with Gasteiger partial charge in [-0.3, -0.25) is 0 Å². The number of aromatic nitrogens is 3. The van der Waals surface area contributed by atoms with Gasteiger partial charge in [0, 0.05) is 13.7 Å². The molecular formula is C10H17ClN4O3. The molecule has 1 aromatic heterocycles. The molecule has 1 heterocycles. The Hall–Kier alpha value is -1.18. The van der Waals surface area contributed by atoms with E-state index in [1.54, 1.807) is 7.11 Å². The minimum Gasteiger partial charge on any atom is -0.464 e. The van der Waals surface area contributed by atoms with E-state index in [2.05, 4.69) is 20.3 Å². The largest absolute Gasteiger partial charge is 0.464 e. The van der Waals surface area contributed by atoms with Gasteiger partial charge in [-0.2, -0.15) is 15.0 Å². The smallest absolute Gasteiger partial charge is 0.322 e. The normalized spacial score (nSPS) is 12.2. The zero-order valence-electron chi connectivity index (χ0n) is 10.4. The highest BCUT2D eigenvalue weighted by molar-refractivity contribution is 6.28. The number of nitrogens with zero attached hydrogens (tertiary/aromatic N) is 3. The number of nitrogens with one attached hydrogen (secondary N) is 1. The molecule has 1 atom stereocenters. The van der Waals surface area contributed by atoms with E-state index >= 15 is 0 Å². The van der Waals surface area contributed by atoms with Crippen LogP contribution in [0.25, 0.3) is 0 Å². The van der Waals surface area contributed by atoms with E-state index in [0.29, 0.717) is 19.6 Å². The number of aliphatic hydroxyl groups is 1. The van der Waals surface area contributed by atoms with Crippen LogP contribution in [-0.4, -0.2) is 53.0 Å². The Morgan fingerprint density at radius 3 is 2.78 bits per heavy atom. The van der Waals surface area contributed by atoms with Crippen LogP contribution in [0.1, 0.15) is 13.3 Å². The van der Waals surface area contributed by atoms with Gasteiger partial charge in [0.15, 0.2) is 0 Å². The topological polar surface area (TPSA) is 89.4 Å². The van der Waals surface area contributed by atoms with Crippen LogP contribution in [-0.2, 0) is 4.74 Å². The second-order valence-corrected chi connectivity index (χ2v) is 3.79. The lowest BCUT2D eigenvalue weighted by Crippen LogP contribution is -2.26. The van der Waals surface area contributed by atoms with Gasteiger partial charge in [0.2, 0.25) is 11.2 Å². The highest BCUT2D eigenvalue weighted by Crippen LogP contribution is 2.12. The molecule has 0 aliphatic rings. The first-order valence-corrected chi connectivity index (χ1v) is 5.98. The third-order valence-electron chi connectivity index (χ3n) is 2.09. The summed E-state index contributed by atoms with van der Waals surface area (Å²) in [6.07, 6.45) is 0.625. The quantitative estimate of drug-likeness (QED) is 0.723. The number of anilines is 1. The van der Waals surface area contributed by atoms with Crippen LogP contribution in [0.15, 0.2) is 0 Å². The molecule has 2 N–H and O–H groups in total. The van der Waals surface area contributed by atoms with E-state index in [9.17, 15) is 5.11 Å². The average molecular weight is 277 g/mol. The van der Waals surface area contributed by atoms with Gasteiger partial charge in [-0.1, -0.05) is 0 Å². The SMILES string of the molecule is CCOc1nc(Cl)nc(NC(CO)CCOC)n1. The van der Waals surface area contributed by atoms with Crippen molar-refractivity contribution in [2.24, 2.45) is 0 Å². The summed E-state index contributed by atoms with van der Waals surface area (Å²) in [5.41, 5.74) is 0. The van der Waals surface area contributed by atoms with Crippen molar-refractivity contribution < 1.29 is 14.6 Å². The van der Waals surface area contributed by atoms with Crippen LogP contribution in [0.3, 0.4) is 0 Å². The van der Waals surface area contributed by atoms with Crippen molar-refractivity contribution >= 4 is 17.5 Å². The Morgan fingerprint density at radius 1 is 1.39 bits per heavy atom. The zero-order valence-corrected chi connectivity index (χ0v) is 11.1. The predicted octanol–water partition coefficient (Wildman–Crippen LogP) is 0.733. The first kappa shape index (κ1) is 14.9. The molecular weight excluding hydrogens is 260 g/mol. The lowest BCUT2D eigenvalue weighted by atomic mass is 10.2. The van der Waals surface area contributed by atoms with Crippen molar-refractivity contribution in [1.29, 1.82) is 0 Å². The number of hydrogen-bond donors (Lipinski definition) is 2. The van der Waals surface area contributed by atoms with Gasteiger partial charge >= 0.3 is 6.01 Å². The molecule has 0 aliphatic carbocycles. The number of halogens is 1. The lowest BCUT2D eigenvalue weighted by molar-refractivity contribution is 0.174. The van der Waals surface area contributed by atoms with Crippen molar-refractivity contribution in [2.75, 3.05) is 32.2 Å². The van der Waals surface area contributed by atoms with Crippen molar-refractivity contribution in [1.82, 2.24) is 15.0 Å². The number of methoxy groups -OCH3 is 1. The second-order valence-electron chi connectivity index (χ2n) is 3.45. The Balaban J connectivity index is 2.69. The van der Waals surface area contributed by atoms with Crippen LogP contribution in [0.5, 0.6) is 6.01 Å². The van der Waals surface area contributed by atoms with Crippen LogP contribution >= 0.6 is 11.6 Å². The Labute approximate surface area is 111 Å². The summed E-state index contributed by atoms with van der Waals surface area (Å²) in [4.78, 5) is 11.8.